The fourth-order valence-corrected chi connectivity index (χ4v) is 16.5. The average Bonchev–Trinajstić information content (AvgIpc) is 1.66. The molecule has 8 rings (SSSR count). The summed E-state index contributed by atoms with van der Waals surface area (Å²) in [6.45, 7) is 119. The van der Waals surface area contributed by atoms with Crippen LogP contribution < -0.4 is 15.2 Å². The lowest BCUT2D eigenvalue weighted by molar-refractivity contribution is -0.672. The van der Waals surface area contributed by atoms with Crippen molar-refractivity contribution in [3.63, 3.8) is 0 Å². The number of H-pyrrole nitrogens is 4. The molecule has 22 nitrogen and oxygen atoms in total. The average molecular weight is 2150 g/mol. The molecule has 0 aliphatic rings. The lowest BCUT2D eigenvalue weighted by Gasteiger charge is -2.22. The minimum Gasteiger partial charge on any atom is -0.458 e. The number of hydrogen-bond donors (Lipinski definition) is 6. The van der Waals surface area contributed by atoms with Crippen molar-refractivity contribution < 1.29 is 56.9 Å². The molecule has 0 atom stereocenters. The second-order valence-electron chi connectivity index (χ2n) is 57.8. The number of ketones is 10. The Kier molecular flexibility index (Phi) is 57.4. The van der Waals surface area contributed by atoms with Crippen molar-refractivity contribution in [1.29, 1.82) is 0 Å². The number of imidazole rings is 3. The third kappa shape index (κ3) is 61.1. The molecule has 8 aromatic heterocycles. The first kappa shape index (κ1) is 146. The van der Waals surface area contributed by atoms with E-state index < -0.39 is 5.41 Å². The highest BCUT2D eigenvalue weighted by molar-refractivity contribution is 7.14. The van der Waals surface area contributed by atoms with Crippen molar-refractivity contribution in [3.8, 4) is 0 Å². The van der Waals surface area contributed by atoms with Crippen molar-refractivity contribution >= 4 is 92.1 Å². The number of thiophene rings is 1. The summed E-state index contributed by atoms with van der Waals surface area (Å²) in [7, 11) is 1.88. The van der Waals surface area contributed by atoms with E-state index >= 15 is 0 Å². The van der Waals surface area contributed by atoms with Gasteiger partial charge in [-0.3, -0.25) is 47.9 Å². The summed E-state index contributed by atoms with van der Waals surface area (Å²) in [6, 6.07) is 13.7. The minimum absolute atomic E-state index is 0.0295. The van der Waals surface area contributed by atoms with E-state index in [1.54, 1.807) is 41.0 Å². The summed E-state index contributed by atoms with van der Waals surface area (Å²) in [5.41, 5.74) is 5.49. The molecule has 0 spiro atoms. The Labute approximate surface area is 925 Å². The van der Waals surface area contributed by atoms with Crippen LogP contribution in [0.15, 0.2) is 65.5 Å². The van der Waals surface area contributed by atoms with E-state index in [2.05, 4.69) is 225 Å². The number of thiazole rings is 1. The number of aromatic nitrogens is 9. The molecule has 0 fully saturated rings. The van der Waals surface area contributed by atoms with E-state index in [0.29, 0.717) is 70.0 Å². The van der Waals surface area contributed by atoms with Gasteiger partial charge in [-0.2, -0.15) is 0 Å². The number of halogens is 1. The molecule has 0 aliphatic carbocycles. The summed E-state index contributed by atoms with van der Waals surface area (Å²) < 4.78 is 9.44. The quantitative estimate of drug-likeness (QED) is 0.0209. The lowest BCUT2D eigenvalue weighted by atomic mass is 9.87. The van der Waals surface area contributed by atoms with Gasteiger partial charge in [-0.25, -0.2) is 24.5 Å². The Bertz CT molecular complexity index is 5250. The molecule has 0 radical (unpaired) electrons. The third-order valence-electron chi connectivity index (χ3n) is 21.4. The van der Waals surface area contributed by atoms with Gasteiger partial charge in [0.2, 0.25) is 23.1 Å². The van der Waals surface area contributed by atoms with Crippen LogP contribution in [0.2, 0.25) is 5.02 Å². The first-order valence-corrected chi connectivity index (χ1v) is 56.0. The molecule has 25 heteroatoms. The second kappa shape index (κ2) is 59.0. The van der Waals surface area contributed by atoms with Gasteiger partial charge in [0, 0.05) is 151 Å². The van der Waals surface area contributed by atoms with E-state index in [4.69, 9.17) is 16.0 Å². The van der Waals surface area contributed by atoms with E-state index in [1.807, 2.05) is 274 Å². The molecule has 0 amide bonds. The highest BCUT2D eigenvalue weighted by Crippen LogP contribution is 2.37. The number of carbonyl (C=O) groups is 10. The normalized spacial score (nSPS) is 12.4. The van der Waals surface area contributed by atoms with Crippen molar-refractivity contribution in [2.24, 2.45) is 82.9 Å². The van der Waals surface area contributed by atoms with Crippen LogP contribution in [0.1, 0.15) is 545 Å². The zero-order valence-corrected chi connectivity index (χ0v) is 108. The fourth-order valence-electron chi connectivity index (χ4n) is 13.4. The third-order valence-corrected chi connectivity index (χ3v) is 24.1. The fraction of sp³-hybridized carbons (Fsp3) is 0.696. The van der Waals surface area contributed by atoms with Crippen LogP contribution in [0.25, 0.3) is 0 Å². The van der Waals surface area contributed by atoms with E-state index in [0.717, 1.165) is 106 Å². The maximum absolute atomic E-state index is 12.5. The summed E-state index contributed by atoms with van der Waals surface area (Å²) >= 11 is 9.04. The summed E-state index contributed by atoms with van der Waals surface area (Å²) in [4.78, 5) is 147. The lowest BCUT2D eigenvalue weighted by Crippen LogP contribution is -2.38. The number of furan rings is 1. The Balaban J connectivity index is -0.00000160. The molecule has 0 aliphatic heterocycles. The topological polar surface area (TPSA) is 319 Å². The second-order valence-corrected chi connectivity index (χ2v) is 60.5. The SMILES string of the molecule is CC.CC(=O)c1[nH]c(C)cc1Cl.CC(C)(C)Cc1ccc(C(=O)C(C)(C)C)[nH]1.CC(C)(C)Cc1ccc(C(=O)C(C)(C)C)o1.CC(C)(C)Cc1ccc(C(=O)C(C)(C)C)s1.CC(C)(C)NCCC(=O)C(C)(C)C.CC(C)(C)NCCCC(=O)C(C)(C)C.CC(C)c1sc(CC(C)(C)C)nc1C(=O)C(C)(C)C.CC(C)n1cc(CC(C)(C)C)nc1C(=O)C(C)(C)C.Cc1c[n+](C)c(C(=O)C(C)(C)C)[nH]1.Cc1cnc(C(=O)C(C)(C)C)[nH]1. The van der Waals surface area contributed by atoms with Crippen LogP contribution in [-0.2, 0) is 48.7 Å². The van der Waals surface area contributed by atoms with Crippen molar-refractivity contribution in [2.75, 3.05) is 13.1 Å². The zero-order chi connectivity index (χ0) is 119. The standard InChI is InChI=1S/C16H28N2O.C16H27NOS.C14H23NO.C14H22O2.C14H22OS.C12H25NO.C11H23NO.C10H16N2O.C9H14N2O.C7H8ClNO.C2H6/c1-11(2)18-10-12(9-15(3,4)5)17-14(18)13(19)16(6,7)8;1-10(2)13-12(14(18)16(6,7)8)17-11(19-13)9-15(3,4)5;1-13(2,3)9-10-7-8-11(15-10)12(16)14(4,5)6;2*1-13(2,3)9-10-7-8-11(16-10)12(15)14(4,5)6;1-11(2,3)10(14)8-7-9-13-12(4,5)6;1-10(2,3)9(13)7-8-12-11(4,5)6;1-7-6-12(5)9(11-7)8(13)10(2,3)4;1-6-5-10-8(11-6)7(12)9(2,3)4;1-4-3-6(8)7(9-4)5(2)10;1-2/h10-11H,9H2,1-8H3;10H,9H2,1-8H3;7-8,15H,9H2,1-6H3;2*7-8H,9H2,1-6H3;13H,7-9H2,1-6H3;12H,7-8H2,1-6H3;6H,1-5H3;5H,1-4H3,(H,10,11);3,9H,1-2H3;1-2H3/p+1. The molecule has 6 N–H and O–H groups in total. The number of hydrogen-bond acceptors (Lipinski definition) is 18. The molecule has 0 saturated carbocycles. The van der Waals surface area contributed by atoms with Crippen molar-refractivity contribution in [3.05, 3.63) is 160 Å². The molecule has 0 bridgehead atoms. The van der Waals surface area contributed by atoms with Gasteiger partial charge in [-0.1, -0.05) is 330 Å². The van der Waals surface area contributed by atoms with E-state index in [1.165, 1.54) is 11.8 Å². The number of nitrogens with one attached hydrogen (secondary N) is 6. The highest BCUT2D eigenvalue weighted by Gasteiger charge is 2.36. The Morgan fingerprint density at radius 1 is 0.433 bits per heavy atom. The van der Waals surface area contributed by atoms with Crippen molar-refractivity contribution in [2.45, 2.75) is 476 Å². The molecule has 8 heterocycles. The molecule has 0 aromatic carbocycles. The molecule has 854 valence electrons. The number of aryl methyl sites for hydroxylation is 4. The van der Waals surface area contributed by atoms with Crippen LogP contribution >= 0.6 is 34.3 Å². The first-order valence-electron chi connectivity index (χ1n) is 54.0. The predicted molar refractivity (Wildman–Crippen MR) is 635 cm³/mol. The van der Waals surface area contributed by atoms with Crippen LogP contribution in [0.3, 0.4) is 0 Å². The number of rotatable bonds is 22. The summed E-state index contributed by atoms with van der Waals surface area (Å²) in [5, 5.41) is 8.27. The molecule has 0 unspecified atom stereocenters. The van der Waals surface area contributed by atoms with E-state index in [9.17, 15) is 47.9 Å². The van der Waals surface area contributed by atoms with Crippen molar-refractivity contribution in [1.82, 2.24) is 50.1 Å². The first-order chi connectivity index (χ1) is 66.7. The summed E-state index contributed by atoms with van der Waals surface area (Å²) in [5.74, 6) is 5.05. The van der Waals surface area contributed by atoms with Gasteiger partial charge in [-0.05, 0) is 177 Å². The Morgan fingerprint density at radius 3 is 1.23 bits per heavy atom. The number of nitrogens with zero attached hydrogens (tertiary/aromatic N) is 5. The molecule has 8 aromatic rings. The van der Waals surface area contributed by atoms with Gasteiger partial charge in [0.05, 0.1) is 33.3 Å². The zero-order valence-electron chi connectivity index (χ0n) is 106. The van der Waals surface area contributed by atoms with Crippen LogP contribution in [0.4, 0.5) is 0 Å². The van der Waals surface area contributed by atoms with Gasteiger partial charge in [0.1, 0.15) is 40.6 Å². The molecular formula is C125H215ClN11O11S2+. The highest BCUT2D eigenvalue weighted by atomic mass is 35.5. The molecular weight excluding hydrogens is 1930 g/mol. The predicted octanol–water partition coefficient (Wildman–Crippen LogP) is 33.5. The van der Waals surface area contributed by atoms with Gasteiger partial charge in [0.15, 0.2) is 40.5 Å². The largest absolute Gasteiger partial charge is 0.458 e. The maximum atomic E-state index is 12.5. The van der Waals surface area contributed by atoms with E-state index in [-0.39, 0.29) is 134 Å². The van der Waals surface area contributed by atoms with Crippen LogP contribution in [0.5, 0.6) is 0 Å². The van der Waals surface area contributed by atoms with Gasteiger partial charge in [-0.15, -0.1) is 22.7 Å². The molecule has 150 heavy (non-hydrogen) atoms. The number of aromatic amines is 4. The van der Waals surface area contributed by atoms with Crippen LogP contribution in [0, 0.1) is 96.6 Å². The van der Waals surface area contributed by atoms with Gasteiger partial charge < -0.3 is 34.6 Å². The maximum Gasteiger partial charge on any atom is 0.323 e. The Morgan fingerprint density at radius 2 is 0.873 bits per heavy atom. The van der Waals surface area contributed by atoms with Gasteiger partial charge >= 0.3 is 5.82 Å². The minimum atomic E-state index is -0.392. The van der Waals surface area contributed by atoms with Gasteiger partial charge in [0.25, 0.3) is 0 Å². The molecule has 0 saturated heterocycles. The monoisotopic (exact) mass is 2150 g/mol. The smallest absolute Gasteiger partial charge is 0.323 e. The summed E-state index contributed by atoms with van der Waals surface area (Å²) in [6.07, 6.45) is 12.5. The Hall–Kier alpha value is -8.29. The number of Topliss-reactive ketones (excluding diaryl/α,β-unsaturated/α-hetero) is 10. The van der Waals surface area contributed by atoms with Crippen LogP contribution in [-0.4, -0.2) is 121 Å². The number of carbonyl (C=O) groups excluding carboxylic acids is 10.